The van der Waals surface area contributed by atoms with E-state index in [4.69, 9.17) is 9.47 Å². The number of piperazine rings is 1. The van der Waals surface area contributed by atoms with Gasteiger partial charge < -0.3 is 24.6 Å². The van der Waals surface area contributed by atoms with Crippen molar-refractivity contribution in [3.8, 4) is 0 Å². The van der Waals surface area contributed by atoms with Gasteiger partial charge in [-0.1, -0.05) is 0 Å². The van der Waals surface area contributed by atoms with E-state index in [-0.39, 0.29) is 24.0 Å². The van der Waals surface area contributed by atoms with Crippen LogP contribution in [-0.4, -0.2) is 86.3 Å². The fourth-order valence-electron chi connectivity index (χ4n) is 3.07. The van der Waals surface area contributed by atoms with Crippen LogP contribution in [0.3, 0.4) is 0 Å². The van der Waals surface area contributed by atoms with E-state index in [1.165, 1.54) is 0 Å². The Balaban J connectivity index is 1.48. The van der Waals surface area contributed by atoms with Crippen LogP contribution in [0.1, 0.15) is 12.8 Å². The first-order valence-corrected chi connectivity index (χ1v) is 7.76. The van der Waals surface area contributed by atoms with Gasteiger partial charge in [0, 0.05) is 39.3 Å². The predicted octanol–water partition coefficient (Wildman–Crippen LogP) is -1.18. The molecule has 3 aliphatic heterocycles. The Hall–Kier alpha value is -1.18. The van der Waals surface area contributed by atoms with Gasteiger partial charge in [-0.05, 0) is 12.8 Å². The highest BCUT2D eigenvalue weighted by Crippen LogP contribution is 2.16. The van der Waals surface area contributed by atoms with Gasteiger partial charge in [-0.25, -0.2) is 0 Å². The van der Waals surface area contributed by atoms with Crippen LogP contribution in [0.4, 0.5) is 0 Å². The maximum Gasteiger partial charge on any atom is 0.251 e. The zero-order valence-corrected chi connectivity index (χ0v) is 12.3. The first kappa shape index (κ1) is 14.7. The van der Waals surface area contributed by atoms with Crippen LogP contribution in [-0.2, 0) is 19.1 Å². The molecule has 7 nitrogen and oxygen atoms in total. The van der Waals surface area contributed by atoms with Gasteiger partial charge >= 0.3 is 0 Å². The summed E-state index contributed by atoms with van der Waals surface area (Å²) < 4.78 is 10.8. The maximum atomic E-state index is 12.3. The van der Waals surface area contributed by atoms with Crippen molar-refractivity contribution >= 4 is 11.8 Å². The van der Waals surface area contributed by atoms with Crippen molar-refractivity contribution in [1.29, 1.82) is 0 Å². The molecule has 2 unspecified atom stereocenters. The Morgan fingerprint density at radius 1 is 1.00 bits per heavy atom. The van der Waals surface area contributed by atoms with Crippen LogP contribution in [0.5, 0.6) is 0 Å². The SMILES string of the molecule is O=C(C1COCCN1)N1CCN(C(=O)C2CCCO2)CC1. The molecule has 21 heavy (non-hydrogen) atoms. The second-order valence-electron chi connectivity index (χ2n) is 5.73. The fourth-order valence-corrected chi connectivity index (χ4v) is 3.07. The third-order valence-corrected chi connectivity index (χ3v) is 4.33. The molecule has 3 fully saturated rings. The summed E-state index contributed by atoms with van der Waals surface area (Å²) in [5, 5.41) is 3.18. The molecule has 3 aliphatic rings. The lowest BCUT2D eigenvalue weighted by atomic mass is 10.2. The zero-order valence-electron chi connectivity index (χ0n) is 12.3. The fraction of sp³-hybridized carbons (Fsp3) is 0.857. The molecular weight excluding hydrogens is 274 g/mol. The highest BCUT2D eigenvalue weighted by molar-refractivity contribution is 5.83. The lowest BCUT2D eigenvalue weighted by Crippen LogP contribution is -2.58. The molecule has 0 radical (unpaired) electrons. The second kappa shape index (κ2) is 6.72. The van der Waals surface area contributed by atoms with Crippen molar-refractivity contribution in [3.05, 3.63) is 0 Å². The largest absolute Gasteiger partial charge is 0.378 e. The van der Waals surface area contributed by atoms with Gasteiger partial charge in [0.25, 0.3) is 5.91 Å². The smallest absolute Gasteiger partial charge is 0.251 e. The van der Waals surface area contributed by atoms with Gasteiger partial charge in [-0.2, -0.15) is 0 Å². The van der Waals surface area contributed by atoms with Gasteiger partial charge in [-0.15, -0.1) is 0 Å². The minimum atomic E-state index is -0.263. The lowest BCUT2D eigenvalue weighted by molar-refractivity contribution is -0.147. The van der Waals surface area contributed by atoms with Gasteiger partial charge in [0.2, 0.25) is 5.91 Å². The monoisotopic (exact) mass is 297 g/mol. The van der Waals surface area contributed by atoms with Gasteiger partial charge in [0.15, 0.2) is 0 Å². The summed E-state index contributed by atoms with van der Waals surface area (Å²) in [6, 6.07) is -0.237. The number of carbonyl (C=O) groups excluding carboxylic acids is 2. The number of amides is 2. The molecule has 0 spiro atoms. The molecule has 0 aromatic heterocycles. The minimum Gasteiger partial charge on any atom is -0.378 e. The Morgan fingerprint density at radius 3 is 2.29 bits per heavy atom. The summed E-state index contributed by atoms with van der Waals surface area (Å²) in [6.45, 7) is 4.87. The Morgan fingerprint density at radius 2 is 1.71 bits per heavy atom. The first-order valence-electron chi connectivity index (χ1n) is 7.76. The third kappa shape index (κ3) is 3.36. The molecule has 0 bridgehead atoms. The van der Waals surface area contributed by atoms with E-state index in [2.05, 4.69) is 5.32 Å². The van der Waals surface area contributed by atoms with Crippen LogP contribution < -0.4 is 5.32 Å². The zero-order chi connectivity index (χ0) is 14.7. The summed E-state index contributed by atoms with van der Waals surface area (Å²) in [6.07, 6.45) is 1.52. The van der Waals surface area contributed by atoms with E-state index in [1.807, 2.05) is 9.80 Å². The van der Waals surface area contributed by atoms with Crippen LogP contribution in [0.15, 0.2) is 0 Å². The standard InChI is InChI=1S/C14H23N3O4/c18-13(11-10-20-9-3-15-11)16-4-6-17(7-5-16)14(19)12-2-1-8-21-12/h11-12,15H,1-10H2. The number of morpholine rings is 1. The van der Waals surface area contributed by atoms with Crippen LogP contribution in [0.2, 0.25) is 0 Å². The van der Waals surface area contributed by atoms with Gasteiger partial charge in [0.05, 0.1) is 13.2 Å². The van der Waals surface area contributed by atoms with E-state index in [1.54, 1.807) is 0 Å². The molecule has 3 saturated heterocycles. The molecular formula is C14H23N3O4. The van der Waals surface area contributed by atoms with Gasteiger partial charge in [-0.3, -0.25) is 9.59 Å². The van der Waals surface area contributed by atoms with Crippen LogP contribution in [0, 0.1) is 0 Å². The minimum absolute atomic E-state index is 0.0822. The third-order valence-electron chi connectivity index (χ3n) is 4.33. The second-order valence-corrected chi connectivity index (χ2v) is 5.73. The molecule has 7 heteroatoms. The lowest BCUT2D eigenvalue weighted by Gasteiger charge is -2.37. The number of hydrogen-bond donors (Lipinski definition) is 1. The highest BCUT2D eigenvalue weighted by atomic mass is 16.5. The van der Waals surface area contributed by atoms with E-state index in [0.29, 0.717) is 52.5 Å². The van der Waals surface area contributed by atoms with Crippen molar-refractivity contribution in [2.45, 2.75) is 25.0 Å². The van der Waals surface area contributed by atoms with Crippen molar-refractivity contribution < 1.29 is 19.1 Å². The Labute approximate surface area is 124 Å². The van der Waals surface area contributed by atoms with Crippen molar-refractivity contribution in [2.75, 3.05) is 52.5 Å². The molecule has 3 heterocycles. The Kier molecular flexibility index (Phi) is 4.72. The summed E-state index contributed by atoms with van der Waals surface area (Å²) in [4.78, 5) is 28.2. The van der Waals surface area contributed by atoms with E-state index >= 15 is 0 Å². The number of nitrogens with one attached hydrogen (secondary N) is 1. The average Bonchev–Trinajstić information content (AvgIpc) is 3.09. The molecule has 1 N–H and O–H groups in total. The highest BCUT2D eigenvalue weighted by Gasteiger charge is 2.33. The molecule has 0 aliphatic carbocycles. The van der Waals surface area contributed by atoms with E-state index in [0.717, 1.165) is 12.8 Å². The van der Waals surface area contributed by atoms with Crippen LogP contribution in [0.25, 0.3) is 0 Å². The first-order chi connectivity index (χ1) is 10.3. The molecule has 2 atom stereocenters. The molecule has 118 valence electrons. The molecule has 0 aromatic carbocycles. The van der Waals surface area contributed by atoms with Gasteiger partial charge in [0.1, 0.15) is 12.1 Å². The number of carbonyl (C=O) groups is 2. The summed E-state index contributed by atoms with van der Waals surface area (Å²) >= 11 is 0. The molecule has 2 amide bonds. The summed E-state index contributed by atoms with van der Waals surface area (Å²) in [7, 11) is 0. The normalized spacial score (nSPS) is 30.5. The summed E-state index contributed by atoms with van der Waals surface area (Å²) in [5.74, 6) is 0.164. The predicted molar refractivity (Wildman–Crippen MR) is 74.7 cm³/mol. The van der Waals surface area contributed by atoms with Crippen molar-refractivity contribution in [1.82, 2.24) is 15.1 Å². The number of ether oxygens (including phenoxy) is 2. The number of rotatable bonds is 2. The van der Waals surface area contributed by atoms with E-state index < -0.39 is 0 Å². The quantitative estimate of drug-likeness (QED) is 0.695. The molecule has 0 saturated carbocycles. The number of hydrogen-bond acceptors (Lipinski definition) is 5. The van der Waals surface area contributed by atoms with Crippen molar-refractivity contribution in [3.63, 3.8) is 0 Å². The van der Waals surface area contributed by atoms with Crippen LogP contribution >= 0.6 is 0 Å². The summed E-state index contributed by atoms with van der Waals surface area (Å²) in [5.41, 5.74) is 0. The average molecular weight is 297 g/mol. The van der Waals surface area contributed by atoms with Crippen molar-refractivity contribution in [2.24, 2.45) is 0 Å². The maximum absolute atomic E-state index is 12.3. The van der Waals surface area contributed by atoms with E-state index in [9.17, 15) is 9.59 Å². The molecule has 3 rings (SSSR count). The molecule has 0 aromatic rings. The Bertz CT molecular complexity index is 384. The number of nitrogens with zero attached hydrogens (tertiary/aromatic N) is 2. The topological polar surface area (TPSA) is 71.1 Å².